The Kier molecular flexibility index (Phi) is 2.21. The van der Waals surface area contributed by atoms with Crippen molar-refractivity contribution < 1.29 is 0 Å². The highest BCUT2D eigenvalue weighted by molar-refractivity contribution is 5.44. The molecule has 1 heterocycles. The first-order chi connectivity index (χ1) is 7.63. The lowest BCUT2D eigenvalue weighted by Gasteiger charge is -2.01. The van der Waals surface area contributed by atoms with Gasteiger partial charge in [0.15, 0.2) is 0 Å². The molecule has 0 amide bonds. The van der Waals surface area contributed by atoms with Gasteiger partial charge in [-0.15, -0.1) is 5.10 Å². The fourth-order valence-corrected chi connectivity index (χ4v) is 1.44. The summed E-state index contributed by atoms with van der Waals surface area (Å²) in [5.74, 6) is 0.0996. The Hall–Kier alpha value is -2.55. The molecule has 0 spiro atoms. The number of benzene rings is 1. The predicted octanol–water partition coefficient (Wildman–Crippen LogP) is 0.0249. The molecule has 0 unspecified atom stereocenters. The molecule has 16 heavy (non-hydrogen) atoms. The summed E-state index contributed by atoms with van der Waals surface area (Å²) in [5, 5.41) is 12.6. The number of anilines is 1. The van der Waals surface area contributed by atoms with E-state index in [1.165, 1.54) is 11.6 Å². The molecule has 0 aliphatic carbocycles. The molecule has 0 saturated carbocycles. The van der Waals surface area contributed by atoms with Crippen molar-refractivity contribution in [3.63, 3.8) is 0 Å². The first-order valence-electron chi connectivity index (χ1n) is 4.55. The van der Waals surface area contributed by atoms with Crippen LogP contribution in [0.4, 0.5) is 5.95 Å². The third kappa shape index (κ3) is 1.44. The molecule has 6 nitrogen and oxygen atoms in total. The number of nitriles is 1. The highest BCUT2D eigenvalue weighted by atomic mass is 16.2. The van der Waals surface area contributed by atoms with E-state index in [4.69, 9.17) is 11.0 Å². The van der Waals surface area contributed by atoms with Crippen molar-refractivity contribution in [2.24, 2.45) is 7.05 Å². The second-order valence-corrected chi connectivity index (χ2v) is 3.26. The summed E-state index contributed by atoms with van der Waals surface area (Å²) in [6, 6.07) is 8.62. The summed E-state index contributed by atoms with van der Waals surface area (Å²) in [6.07, 6.45) is 0. The van der Waals surface area contributed by atoms with E-state index in [1.54, 1.807) is 24.3 Å². The SMILES string of the molecule is Cn1nc(N)n(-c2cccc(C#N)c2)c1=O. The summed E-state index contributed by atoms with van der Waals surface area (Å²) >= 11 is 0. The standard InChI is InChI=1S/C10H9N5O/c1-14-10(16)15(9(12)13-14)8-4-2-3-7(5-8)6-11/h2-5H,1H3,(H2,12,13). The maximum absolute atomic E-state index is 11.7. The molecule has 2 N–H and O–H groups in total. The molecule has 0 aliphatic rings. The van der Waals surface area contributed by atoms with Crippen LogP contribution >= 0.6 is 0 Å². The van der Waals surface area contributed by atoms with E-state index in [1.807, 2.05) is 6.07 Å². The van der Waals surface area contributed by atoms with Gasteiger partial charge in [-0.3, -0.25) is 0 Å². The third-order valence-corrected chi connectivity index (χ3v) is 2.18. The van der Waals surface area contributed by atoms with E-state index in [0.29, 0.717) is 11.3 Å². The van der Waals surface area contributed by atoms with E-state index in [9.17, 15) is 4.79 Å². The van der Waals surface area contributed by atoms with Gasteiger partial charge in [0.1, 0.15) is 0 Å². The summed E-state index contributed by atoms with van der Waals surface area (Å²) in [6.45, 7) is 0. The Bertz CT molecular complexity index is 631. The van der Waals surface area contributed by atoms with Gasteiger partial charge in [-0.2, -0.15) is 5.26 Å². The molecular formula is C10H9N5O. The van der Waals surface area contributed by atoms with Gasteiger partial charge in [-0.25, -0.2) is 14.0 Å². The lowest BCUT2D eigenvalue weighted by molar-refractivity contribution is 0.727. The Morgan fingerprint density at radius 3 is 2.81 bits per heavy atom. The lowest BCUT2D eigenvalue weighted by Crippen LogP contribution is -2.21. The lowest BCUT2D eigenvalue weighted by atomic mass is 10.2. The predicted molar refractivity (Wildman–Crippen MR) is 57.9 cm³/mol. The van der Waals surface area contributed by atoms with E-state index >= 15 is 0 Å². The van der Waals surface area contributed by atoms with Crippen LogP contribution in [0.2, 0.25) is 0 Å². The van der Waals surface area contributed by atoms with Gasteiger partial charge in [0.25, 0.3) is 0 Å². The maximum atomic E-state index is 11.7. The van der Waals surface area contributed by atoms with Gasteiger partial charge in [-0.05, 0) is 18.2 Å². The van der Waals surface area contributed by atoms with Gasteiger partial charge in [-0.1, -0.05) is 6.07 Å². The normalized spacial score (nSPS) is 10.0. The van der Waals surface area contributed by atoms with Crippen LogP contribution in [0.15, 0.2) is 29.1 Å². The summed E-state index contributed by atoms with van der Waals surface area (Å²) in [5.41, 5.74) is 6.28. The molecule has 0 saturated heterocycles. The molecule has 0 fully saturated rings. The van der Waals surface area contributed by atoms with Crippen molar-refractivity contribution in [1.82, 2.24) is 14.3 Å². The second-order valence-electron chi connectivity index (χ2n) is 3.26. The molecule has 80 valence electrons. The van der Waals surface area contributed by atoms with Gasteiger partial charge < -0.3 is 5.73 Å². The summed E-state index contributed by atoms with van der Waals surface area (Å²) in [4.78, 5) is 11.7. The zero-order valence-electron chi connectivity index (χ0n) is 8.58. The van der Waals surface area contributed by atoms with E-state index in [0.717, 1.165) is 4.68 Å². The zero-order valence-corrected chi connectivity index (χ0v) is 8.58. The fourth-order valence-electron chi connectivity index (χ4n) is 1.44. The van der Waals surface area contributed by atoms with Crippen molar-refractivity contribution in [3.05, 3.63) is 40.3 Å². The highest BCUT2D eigenvalue weighted by Gasteiger charge is 2.09. The van der Waals surface area contributed by atoms with E-state index in [2.05, 4.69) is 5.10 Å². The molecule has 6 heteroatoms. The minimum absolute atomic E-state index is 0.0996. The molecule has 0 bridgehead atoms. The van der Waals surface area contributed by atoms with Crippen LogP contribution in [-0.4, -0.2) is 14.3 Å². The molecule has 1 aromatic heterocycles. The maximum Gasteiger partial charge on any atom is 0.351 e. The number of aryl methyl sites for hydroxylation is 1. The van der Waals surface area contributed by atoms with Gasteiger partial charge in [0, 0.05) is 7.05 Å². The molecule has 1 aromatic carbocycles. The van der Waals surface area contributed by atoms with Crippen molar-refractivity contribution in [3.8, 4) is 11.8 Å². The van der Waals surface area contributed by atoms with Gasteiger partial charge in [0.05, 0.1) is 17.3 Å². The van der Waals surface area contributed by atoms with Crippen molar-refractivity contribution in [2.45, 2.75) is 0 Å². The quantitative estimate of drug-likeness (QED) is 0.726. The average molecular weight is 215 g/mol. The zero-order chi connectivity index (χ0) is 11.7. The van der Waals surface area contributed by atoms with Crippen LogP contribution in [-0.2, 0) is 7.05 Å². The topological polar surface area (TPSA) is 89.6 Å². The molecule has 2 aromatic rings. The third-order valence-electron chi connectivity index (χ3n) is 2.18. The van der Waals surface area contributed by atoms with Gasteiger partial charge >= 0.3 is 5.69 Å². The summed E-state index contributed by atoms with van der Waals surface area (Å²) < 4.78 is 2.40. The summed E-state index contributed by atoms with van der Waals surface area (Å²) in [7, 11) is 1.52. The van der Waals surface area contributed by atoms with Gasteiger partial charge in [0.2, 0.25) is 5.95 Å². The van der Waals surface area contributed by atoms with Crippen LogP contribution in [0.25, 0.3) is 5.69 Å². The van der Waals surface area contributed by atoms with Crippen LogP contribution in [0.5, 0.6) is 0 Å². The van der Waals surface area contributed by atoms with Crippen molar-refractivity contribution in [1.29, 1.82) is 5.26 Å². The minimum Gasteiger partial charge on any atom is -0.368 e. The highest BCUT2D eigenvalue weighted by Crippen LogP contribution is 2.10. The number of rotatable bonds is 1. The van der Waals surface area contributed by atoms with E-state index in [-0.39, 0.29) is 11.6 Å². The molecule has 0 atom stereocenters. The number of nitrogens with two attached hydrogens (primary N) is 1. The Morgan fingerprint density at radius 2 is 2.25 bits per heavy atom. The fraction of sp³-hybridized carbons (Fsp3) is 0.100. The number of aromatic nitrogens is 3. The van der Waals surface area contributed by atoms with Crippen LogP contribution in [0.3, 0.4) is 0 Å². The largest absolute Gasteiger partial charge is 0.368 e. The minimum atomic E-state index is -0.340. The number of hydrogen-bond donors (Lipinski definition) is 1. The van der Waals surface area contributed by atoms with Crippen LogP contribution in [0.1, 0.15) is 5.56 Å². The molecule has 2 rings (SSSR count). The molecule has 0 aliphatic heterocycles. The number of hydrogen-bond acceptors (Lipinski definition) is 4. The Balaban J connectivity index is 2.68. The molecule has 0 radical (unpaired) electrons. The van der Waals surface area contributed by atoms with Crippen molar-refractivity contribution in [2.75, 3.05) is 5.73 Å². The number of nitrogen functional groups attached to an aromatic ring is 1. The monoisotopic (exact) mass is 215 g/mol. The second kappa shape index (κ2) is 3.55. The van der Waals surface area contributed by atoms with Crippen LogP contribution < -0.4 is 11.4 Å². The first-order valence-corrected chi connectivity index (χ1v) is 4.55. The first kappa shape index (κ1) is 9.98. The van der Waals surface area contributed by atoms with Crippen LogP contribution in [0, 0.1) is 11.3 Å². The smallest absolute Gasteiger partial charge is 0.351 e. The average Bonchev–Trinajstić information content (AvgIpc) is 2.53. The number of nitrogens with zero attached hydrogens (tertiary/aromatic N) is 4. The van der Waals surface area contributed by atoms with Crippen molar-refractivity contribution >= 4 is 5.95 Å². The van der Waals surface area contributed by atoms with E-state index < -0.39 is 0 Å². The Morgan fingerprint density at radius 1 is 1.50 bits per heavy atom. The molecular weight excluding hydrogens is 206 g/mol. The Labute approximate surface area is 91.1 Å².